The summed E-state index contributed by atoms with van der Waals surface area (Å²) in [6, 6.07) is 2.00. The Kier molecular flexibility index (Phi) is 3.17. The molecule has 2 aromatic heterocycles. The lowest BCUT2D eigenvalue weighted by Gasteiger charge is -2.05. The van der Waals surface area contributed by atoms with E-state index in [2.05, 4.69) is 10.1 Å². The number of halogens is 2. The van der Waals surface area contributed by atoms with Crippen LogP contribution in [-0.2, 0) is 5.88 Å². The van der Waals surface area contributed by atoms with Crippen LogP contribution in [-0.4, -0.2) is 14.8 Å². The third-order valence-electron chi connectivity index (χ3n) is 2.32. The minimum absolute atomic E-state index is 0.465. The van der Waals surface area contributed by atoms with Crippen LogP contribution >= 0.6 is 23.2 Å². The lowest BCUT2D eigenvalue weighted by molar-refractivity contribution is 0.822. The van der Waals surface area contributed by atoms with Crippen LogP contribution < -0.4 is 0 Å². The molecule has 0 aromatic carbocycles. The van der Waals surface area contributed by atoms with Crippen LogP contribution in [0.3, 0.4) is 0 Å². The minimum atomic E-state index is 0.465. The monoisotopic (exact) mass is 255 g/mol. The summed E-state index contributed by atoms with van der Waals surface area (Å²) in [6.07, 6.45) is 3.51. The summed E-state index contributed by atoms with van der Waals surface area (Å²) in [5, 5.41) is 4.93. The van der Waals surface area contributed by atoms with Gasteiger partial charge in [-0.05, 0) is 31.0 Å². The van der Waals surface area contributed by atoms with E-state index in [0.29, 0.717) is 10.9 Å². The first kappa shape index (κ1) is 11.4. The average molecular weight is 256 g/mol. The number of nitrogens with zero attached hydrogens (tertiary/aromatic N) is 3. The molecule has 0 amide bonds. The molecule has 2 aromatic rings. The fourth-order valence-corrected chi connectivity index (χ4v) is 1.76. The zero-order valence-corrected chi connectivity index (χ0v) is 10.5. The molecular weight excluding hydrogens is 245 g/mol. The third-order valence-corrected chi connectivity index (χ3v) is 3.00. The number of pyridine rings is 1. The van der Waals surface area contributed by atoms with Crippen molar-refractivity contribution in [3.63, 3.8) is 0 Å². The molecule has 0 saturated heterocycles. The van der Waals surface area contributed by atoms with Crippen LogP contribution in [0.4, 0.5) is 0 Å². The summed E-state index contributed by atoms with van der Waals surface area (Å²) in [6.45, 7) is 3.84. The van der Waals surface area contributed by atoms with Gasteiger partial charge in [-0.3, -0.25) is 0 Å². The van der Waals surface area contributed by atoms with Gasteiger partial charge in [-0.1, -0.05) is 11.6 Å². The van der Waals surface area contributed by atoms with E-state index in [1.54, 1.807) is 17.1 Å². The number of aromatic nitrogens is 3. The Morgan fingerprint density at radius 1 is 1.38 bits per heavy atom. The summed E-state index contributed by atoms with van der Waals surface area (Å²) in [5.74, 6) is 1.25. The van der Waals surface area contributed by atoms with Gasteiger partial charge in [-0.25, -0.2) is 9.67 Å². The first-order valence-electron chi connectivity index (χ1n) is 4.85. The highest BCUT2D eigenvalue weighted by Gasteiger charge is 2.08. The lowest BCUT2D eigenvalue weighted by atomic mass is 10.2. The van der Waals surface area contributed by atoms with E-state index in [-0.39, 0.29) is 0 Å². The standard InChI is InChI=1S/C11H11Cl2N3/c1-7-3-9(4-12)5-14-11(7)16-6-10(13)8(2)15-16/h3,5-6H,4H2,1-2H3. The topological polar surface area (TPSA) is 30.7 Å². The fourth-order valence-electron chi connectivity index (χ4n) is 1.49. The van der Waals surface area contributed by atoms with Gasteiger partial charge >= 0.3 is 0 Å². The molecular formula is C11H11Cl2N3. The molecule has 84 valence electrons. The maximum absolute atomic E-state index is 5.96. The van der Waals surface area contributed by atoms with Crippen molar-refractivity contribution in [2.75, 3.05) is 0 Å². The SMILES string of the molecule is Cc1cc(CCl)cnc1-n1cc(Cl)c(C)n1. The molecule has 0 atom stereocenters. The molecule has 16 heavy (non-hydrogen) atoms. The van der Waals surface area contributed by atoms with Crippen LogP contribution in [0, 0.1) is 13.8 Å². The van der Waals surface area contributed by atoms with Crippen LogP contribution in [0.1, 0.15) is 16.8 Å². The highest BCUT2D eigenvalue weighted by molar-refractivity contribution is 6.31. The van der Waals surface area contributed by atoms with E-state index in [1.165, 1.54) is 0 Å². The molecule has 0 fully saturated rings. The van der Waals surface area contributed by atoms with Gasteiger partial charge in [-0.15, -0.1) is 11.6 Å². The van der Waals surface area contributed by atoms with Crippen molar-refractivity contribution in [3.8, 4) is 5.82 Å². The third kappa shape index (κ3) is 2.06. The maximum atomic E-state index is 5.96. The largest absolute Gasteiger partial charge is 0.237 e. The molecule has 5 heteroatoms. The van der Waals surface area contributed by atoms with Crippen molar-refractivity contribution < 1.29 is 0 Å². The van der Waals surface area contributed by atoms with Gasteiger partial charge < -0.3 is 0 Å². The van der Waals surface area contributed by atoms with Gasteiger partial charge in [0.1, 0.15) is 0 Å². The van der Waals surface area contributed by atoms with Gasteiger partial charge in [0, 0.05) is 12.1 Å². The smallest absolute Gasteiger partial charge is 0.156 e. The first-order chi connectivity index (χ1) is 7.61. The molecule has 2 heterocycles. The van der Waals surface area contributed by atoms with E-state index in [0.717, 1.165) is 22.6 Å². The Morgan fingerprint density at radius 2 is 2.12 bits per heavy atom. The molecule has 3 nitrogen and oxygen atoms in total. The van der Waals surface area contributed by atoms with Crippen molar-refractivity contribution in [2.24, 2.45) is 0 Å². The van der Waals surface area contributed by atoms with Crippen LogP contribution in [0.2, 0.25) is 5.02 Å². The second-order valence-corrected chi connectivity index (χ2v) is 4.30. The van der Waals surface area contributed by atoms with Crippen molar-refractivity contribution in [2.45, 2.75) is 19.7 Å². The lowest BCUT2D eigenvalue weighted by Crippen LogP contribution is -2.02. The molecule has 0 aliphatic heterocycles. The Hall–Kier alpha value is -1.06. The van der Waals surface area contributed by atoms with Crippen LogP contribution in [0.15, 0.2) is 18.5 Å². The van der Waals surface area contributed by atoms with Gasteiger partial charge in [0.15, 0.2) is 5.82 Å². The van der Waals surface area contributed by atoms with E-state index < -0.39 is 0 Å². The van der Waals surface area contributed by atoms with E-state index >= 15 is 0 Å². The summed E-state index contributed by atoms with van der Waals surface area (Å²) >= 11 is 11.7. The number of alkyl halides is 1. The van der Waals surface area contributed by atoms with Crippen molar-refractivity contribution in [3.05, 3.63) is 40.3 Å². The average Bonchev–Trinajstić information content (AvgIpc) is 2.58. The van der Waals surface area contributed by atoms with Crippen LogP contribution in [0.5, 0.6) is 0 Å². The Balaban J connectivity index is 2.48. The Labute approximate surface area is 104 Å². The zero-order valence-electron chi connectivity index (χ0n) is 9.04. The van der Waals surface area contributed by atoms with E-state index in [1.807, 2.05) is 19.9 Å². The Bertz CT molecular complexity index is 500. The molecule has 0 radical (unpaired) electrons. The molecule has 2 rings (SSSR count). The molecule has 0 saturated carbocycles. The number of hydrogen-bond donors (Lipinski definition) is 0. The predicted molar refractivity (Wildman–Crippen MR) is 65.4 cm³/mol. The highest BCUT2D eigenvalue weighted by Crippen LogP contribution is 2.18. The normalized spacial score (nSPS) is 10.8. The fraction of sp³-hybridized carbons (Fsp3) is 0.273. The molecule has 0 bridgehead atoms. The van der Waals surface area contributed by atoms with Crippen molar-refractivity contribution in [1.82, 2.24) is 14.8 Å². The minimum Gasteiger partial charge on any atom is -0.237 e. The molecule has 0 aliphatic rings. The highest BCUT2D eigenvalue weighted by atomic mass is 35.5. The predicted octanol–water partition coefficient (Wildman–Crippen LogP) is 3.28. The molecule has 0 unspecified atom stereocenters. The van der Waals surface area contributed by atoms with Crippen LogP contribution in [0.25, 0.3) is 5.82 Å². The maximum Gasteiger partial charge on any atom is 0.156 e. The zero-order chi connectivity index (χ0) is 11.7. The number of rotatable bonds is 2. The van der Waals surface area contributed by atoms with Gasteiger partial charge in [0.2, 0.25) is 0 Å². The Morgan fingerprint density at radius 3 is 2.62 bits per heavy atom. The second-order valence-electron chi connectivity index (χ2n) is 3.62. The van der Waals surface area contributed by atoms with Gasteiger partial charge in [-0.2, -0.15) is 5.10 Å². The summed E-state index contributed by atoms with van der Waals surface area (Å²) in [7, 11) is 0. The van der Waals surface area contributed by atoms with Gasteiger partial charge in [0.05, 0.1) is 16.9 Å². The summed E-state index contributed by atoms with van der Waals surface area (Å²) < 4.78 is 1.69. The number of aryl methyl sites for hydroxylation is 2. The molecule has 0 spiro atoms. The first-order valence-corrected chi connectivity index (χ1v) is 5.76. The van der Waals surface area contributed by atoms with E-state index in [4.69, 9.17) is 23.2 Å². The van der Waals surface area contributed by atoms with E-state index in [9.17, 15) is 0 Å². The summed E-state index contributed by atoms with van der Waals surface area (Å²) in [5.41, 5.74) is 2.82. The number of hydrogen-bond acceptors (Lipinski definition) is 2. The summed E-state index contributed by atoms with van der Waals surface area (Å²) in [4.78, 5) is 4.33. The molecule has 0 aliphatic carbocycles. The van der Waals surface area contributed by atoms with Crippen molar-refractivity contribution in [1.29, 1.82) is 0 Å². The molecule has 0 N–H and O–H groups in total. The quantitative estimate of drug-likeness (QED) is 0.772. The van der Waals surface area contributed by atoms with Gasteiger partial charge in [0.25, 0.3) is 0 Å². The van der Waals surface area contributed by atoms with Crippen molar-refractivity contribution >= 4 is 23.2 Å². The second kappa shape index (κ2) is 4.44.